The highest BCUT2D eigenvalue weighted by molar-refractivity contribution is 5.61. The molecule has 0 radical (unpaired) electrons. The van der Waals surface area contributed by atoms with Crippen molar-refractivity contribution in [3.63, 3.8) is 0 Å². The van der Waals surface area contributed by atoms with Crippen molar-refractivity contribution in [1.29, 1.82) is 0 Å². The molecule has 4 heteroatoms. The number of hydrogen-bond acceptors (Lipinski definition) is 3. The minimum atomic E-state index is 0.418. The highest BCUT2D eigenvalue weighted by atomic mass is 15.3. The summed E-state index contributed by atoms with van der Waals surface area (Å²) in [6.07, 6.45) is 4.35. The molecule has 0 aromatic carbocycles. The Kier molecular flexibility index (Phi) is 3.06. The summed E-state index contributed by atoms with van der Waals surface area (Å²) in [6.45, 7) is 9.15. The van der Waals surface area contributed by atoms with Crippen molar-refractivity contribution >= 4 is 11.5 Å². The van der Waals surface area contributed by atoms with Gasteiger partial charge in [-0.1, -0.05) is 20.8 Å². The van der Waals surface area contributed by atoms with Crippen LogP contribution in [0.4, 0.5) is 11.5 Å². The van der Waals surface area contributed by atoms with E-state index in [1.165, 1.54) is 12.8 Å². The second kappa shape index (κ2) is 4.24. The number of nitrogens with zero attached hydrogens (tertiary/aromatic N) is 3. The number of nitrogen functional groups attached to an aromatic ring is 1. The van der Waals surface area contributed by atoms with Gasteiger partial charge in [0.05, 0.1) is 5.69 Å². The Morgan fingerprint density at radius 1 is 1.29 bits per heavy atom. The Morgan fingerprint density at radius 2 is 1.88 bits per heavy atom. The molecular formula is C13H24N4. The first kappa shape index (κ1) is 12.3. The highest BCUT2D eigenvalue weighted by Crippen LogP contribution is 2.36. The number of nitrogens with two attached hydrogens (primary N) is 1. The first-order valence-corrected chi connectivity index (χ1v) is 6.42. The summed E-state index contributed by atoms with van der Waals surface area (Å²) in [4.78, 5) is 2.32. The van der Waals surface area contributed by atoms with Crippen molar-refractivity contribution in [2.75, 3.05) is 23.7 Å². The third-order valence-corrected chi connectivity index (χ3v) is 3.86. The van der Waals surface area contributed by atoms with Crippen LogP contribution in [0.5, 0.6) is 0 Å². The van der Waals surface area contributed by atoms with Crippen molar-refractivity contribution in [2.45, 2.75) is 33.6 Å². The van der Waals surface area contributed by atoms with Crippen molar-refractivity contribution in [3.8, 4) is 0 Å². The normalized spacial score (nSPS) is 18.7. The molecule has 1 aliphatic heterocycles. The van der Waals surface area contributed by atoms with Crippen LogP contribution in [0.1, 0.15) is 33.6 Å². The molecule has 2 N–H and O–H groups in total. The Labute approximate surface area is 104 Å². The Balaban J connectivity index is 2.02. The van der Waals surface area contributed by atoms with Gasteiger partial charge in [0.2, 0.25) is 0 Å². The van der Waals surface area contributed by atoms with Crippen molar-refractivity contribution in [3.05, 3.63) is 6.20 Å². The van der Waals surface area contributed by atoms with Crippen LogP contribution in [-0.4, -0.2) is 22.9 Å². The standard InChI is InChI=1S/C13H24N4/c1-13(2,3)10-5-7-17(8-6-10)12-11(14)9-16(4)15-12/h9-10H,5-8,14H2,1-4H3. The first-order chi connectivity index (χ1) is 7.88. The van der Waals surface area contributed by atoms with Crippen molar-refractivity contribution in [2.24, 2.45) is 18.4 Å². The van der Waals surface area contributed by atoms with E-state index in [9.17, 15) is 0 Å². The molecular weight excluding hydrogens is 212 g/mol. The zero-order chi connectivity index (χ0) is 12.6. The number of aryl methyl sites for hydroxylation is 1. The molecule has 1 fully saturated rings. The average Bonchev–Trinajstić information content (AvgIpc) is 2.57. The molecule has 0 atom stereocenters. The quantitative estimate of drug-likeness (QED) is 0.813. The fraction of sp³-hybridized carbons (Fsp3) is 0.769. The minimum absolute atomic E-state index is 0.418. The van der Waals surface area contributed by atoms with E-state index < -0.39 is 0 Å². The van der Waals surface area contributed by atoms with Crippen LogP contribution in [0.15, 0.2) is 6.20 Å². The lowest BCUT2D eigenvalue weighted by Gasteiger charge is -2.39. The Bertz CT molecular complexity index is 381. The van der Waals surface area contributed by atoms with E-state index in [0.717, 1.165) is 30.5 Å². The lowest BCUT2D eigenvalue weighted by atomic mass is 9.75. The van der Waals surface area contributed by atoms with Crippen LogP contribution in [0.25, 0.3) is 0 Å². The zero-order valence-electron chi connectivity index (χ0n) is 11.4. The van der Waals surface area contributed by atoms with Crippen LogP contribution < -0.4 is 10.6 Å². The number of hydrogen-bond donors (Lipinski definition) is 1. The fourth-order valence-corrected chi connectivity index (χ4v) is 2.70. The summed E-state index contributed by atoms with van der Waals surface area (Å²) in [6, 6.07) is 0. The van der Waals surface area contributed by atoms with Crippen molar-refractivity contribution in [1.82, 2.24) is 9.78 Å². The predicted octanol–water partition coefficient (Wildman–Crippen LogP) is 2.26. The third-order valence-electron chi connectivity index (χ3n) is 3.86. The lowest BCUT2D eigenvalue weighted by molar-refractivity contribution is 0.198. The molecule has 0 bridgehead atoms. The highest BCUT2D eigenvalue weighted by Gasteiger charge is 2.29. The van der Waals surface area contributed by atoms with E-state index >= 15 is 0 Å². The van der Waals surface area contributed by atoms with Gasteiger partial charge in [-0.15, -0.1) is 0 Å². The lowest BCUT2D eigenvalue weighted by Crippen LogP contribution is -2.38. The van der Waals surface area contributed by atoms with Crippen LogP contribution >= 0.6 is 0 Å². The summed E-state index contributed by atoms with van der Waals surface area (Å²) in [5, 5.41) is 4.44. The molecule has 0 amide bonds. The van der Waals surface area contributed by atoms with E-state index in [4.69, 9.17) is 5.73 Å². The number of rotatable bonds is 1. The topological polar surface area (TPSA) is 47.1 Å². The van der Waals surface area contributed by atoms with E-state index in [-0.39, 0.29) is 0 Å². The van der Waals surface area contributed by atoms with Gasteiger partial charge in [-0.25, -0.2) is 0 Å². The van der Waals surface area contributed by atoms with E-state index in [0.29, 0.717) is 5.41 Å². The maximum Gasteiger partial charge on any atom is 0.173 e. The van der Waals surface area contributed by atoms with Crippen LogP contribution in [0.2, 0.25) is 0 Å². The maximum atomic E-state index is 5.97. The molecule has 1 aromatic heterocycles. The molecule has 0 aliphatic carbocycles. The monoisotopic (exact) mass is 236 g/mol. The number of piperidine rings is 1. The molecule has 17 heavy (non-hydrogen) atoms. The average molecular weight is 236 g/mol. The summed E-state index contributed by atoms with van der Waals surface area (Å²) in [7, 11) is 1.92. The minimum Gasteiger partial charge on any atom is -0.394 e. The molecule has 0 spiro atoms. The van der Waals surface area contributed by atoms with Gasteiger partial charge in [0.15, 0.2) is 5.82 Å². The molecule has 1 saturated heterocycles. The molecule has 2 heterocycles. The van der Waals surface area contributed by atoms with Crippen LogP contribution in [0.3, 0.4) is 0 Å². The summed E-state index contributed by atoms with van der Waals surface area (Å²) in [5.41, 5.74) is 7.18. The van der Waals surface area contributed by atoms with Gasteiger partial charge in [-0.2, -0.15) is 5.10 Å². The SMILES string of the molecule is Cn1cc(N)c(N2CCC(C(C)(C)C)CC2)n1. The second-order valence-electron chi connectivity index (χ2n) is 6.21. The van der Waals surface area contributed by atoms with E-state index in [2.05, 4.69) is 30.8 Å². The Hall–Kier alpha value is -1.19. The third kappa shape index (κ3) is 2.56. The smallest absolute Gasteiger partial charge is 0.173 e. The van der Waals surface area contributed by atoms with Gasteiger partial charge in [0, 0.05) is 26.3 Å². The zero-order valence-corrected chi connectivity index (χ0v) is 11.4. The number of anilines is 2. The largest absolute Gasteiger partial charge is 0.394 e. The molecule has 96 valence electrons. The predicted molar refractivity (Wildman–Crippen MR) is 72.0 cm³/mol. The molecule has 0 saturated carbocycles. The molecule has 1 aliphatic rings. The maximum absolute atomic E-state index is 5.97. The van der Waals surface area contributed by atoms with Gasteiger partial charge >= 0.3 is 0 Å². The van der Waals surface area contributed by atoms with Crippen LogP contribution in [-0.2, 0) is 7.05 Å². The molecule has 1 aromatic rings. The van der Waals surface area contributed by atoms with Gasteiger partial charge in [-0.3, -0.25) is 4.68 Å². The van der Waals surface area contributed by atoms with E-state index in [1.807, 2.05) is 13.2 Å². The second-order valence-corrected chi connectivity index (χ2v) is 6.21. The van der Waals surface area contributed by atoms with Gasteiger partial charge in [0.1, 0.15) is 0 Å². The van der Waals surface area contributed by atoms with Crippen molar-refractivity contribution < 1.29 is 0 Å². The summed E-state index contributed by atoms with van der Waals surface area (Å²) in [5.74, 6) is 1.77. The summed E-state index contributed by atoms with van der Waals surface area (Å²) >= 11 is 0. The fourth-order valence-electron chi connectivity index (χ4n) is 2.70. The van der Waals surface area contributed by atoms with Gasteiger partial charge in [0.25, 0.3) is 0 Å². The molecule has 4 nitrogen and oxygen atoms in total. The summed E-state index contributed by atoms with van der Waals surface area (Å²) < 4.78 is 1.79. The van der Waals surface area contributed by atoms with Gasteiger partial charge < -0.3 is 10.6 Å². The number of aromatic nitrogens is 2. The van der Waals surface area contributed by atoms with Crippen LogP contribution in [0, 0.1) is 11.3 Å². The molecule has 2 rings (SSSR count). The first-order valence-electron chi connectivity index (χ1n) is 6.42. The Morgan fingerprint density at radius 3 is 2.29 bits per heavy atom. The molecule has 0 unspecified atom stereocenters. The van der Waals surface area contributed by atoms with Gasteiger partial charge in [-0.05, 0) is 24.2 Å². The van der Waals surface area contributed by atoms with E-state index in [1.54, 1.807) is 4.68 Å².